The average molecular weight is 255 g/mol. The van der Waals surface area contributed by atoms with E-state index in [-0.39, 0.29) is 18.1 Å². The molecule has 0 amide bonds. The van der Waals surface area contributed by atoms with Gasteiger partial charge in [0.25, 0.3) is 0 Å². The largest absolute Gasteiger partial charge is 0.477 e. The quantitative estimate of drug-likeness (QED) is 0.668. The normalized spacial score (nSPS) is 10.3. The van der Waals surface area contributed by atoms with Crippen molar-refractivity contribution < 1.29 is 24.1 Å². The van der Waals surface area contributed by atoms with Crippen LogP contribution in [0, 0.1) is 0 Å². The van der Waals surface area contributed by atoms with E-state index in [2.05, 4.69) is 4.98 Å². The molecule has 1 aromatic rings. The number of aromatic carboxylic acids is 1. The third-order valence-corrected chi connectivity index (χ3v) is 2.11. The number of hydrogen-bond acceptors (Lipinski definition) is 5. The molecule has 0 saturated heterocycles. The van der Waals surface area contributed by atoms with Gasteiger partial charge in [-0.15, -0.1) is 0 Å². The number of ether oxygens (including phenoxy) is 3. The average Bonchev–Trinajstić information content (AvgIpc) is 2.38. The van der Waals surface area contributed by atoms with Crippen LogP contribution in [0.15, 0.2) is 18.3 Å². The van der Waals surface area contributed by atoms with Crippen molar-refractivity contribution in [1.82, 2.24) is 4.98 Å². The minimum atomic E-state index is -1.06. The van der Waals surface area contributed by atoms with E-state index in [0.717, 1.165) is 6.42 Å². The second kappa shape index (κ2) is 8.43. The summed E-state index contributed by atoms with van der Waals surface area (Å²) in [6, 6.07) is 3.00. The molecule has 0 aromatic carbocycles. The van der Waals surface area contributed by atoms with Gasteiger partial charge in [-0.05, 0) is 18.6 Å². The van der Waals surface area contributed by atoms with Crippen LogP contribution in [0.2, 0.25) is 0 Å². The maximum atomic E-state index is 10.9. The monoisotopic (exact) mass is 255 g/mol. The standard InChI is InChI=1S/C12H17NO5/c1-16-6-3-7-17-8-9-18-11-10(12(14)15)4-2-5-13-11/h2,4-5H,3,6-9H2,1H3,(H,14,15). The summed E-state index contributed by atoms with van der Waals surface area (Å²) in [7, 11) is 1.64. The van der Waals surface area contributed by atoms with Crippen molar-refractivity contribution in [3.8, 4) is 5.88 Å². The predicted molar refractivity (Wildman–Crippen MR) is 64.0 cm³/mol. The molecule has 0 atom stereocenters. The highest BCUT2D eigenvalue weighted by atomic mass is 16.5. The third-order valence-electron chi connectivity index (χ3n) is 2.11. The van der Waals surface area contributed by atoms with Crippen molar-refractivity contribution >= 4 is 5.97 Å². The lowest BCUT2D eigenvalue weighted by Crippen LogP contribution is -2.11. The zero-order valence-electron chi connectivity index (χ0n) is 10.3. The molecule has 1 heterocycles. The van der Waals surface area contributed by atoms with Gasteiger partial charge < -0.3 is 19.3 Å². The lowest BCUT2D eigenvalue weighted by Gasteiger charge is -2.08. The van der Waals surface area contributed by atoms with E-state index in [0.29, 0.717) is 19.8 Å². The highest BCUT2D eigenvalue weighted by Crippen LogP contribution is 2.13. The van der Waals surface area contributed by atoms with Crippen LogP contribution >= 0.6 is 0 Å². The molecule has 6 nitrogen and oxygen atoms in total. The molecule has 1 aromatic heterocycles. The number of pyridine rings is 1. The predicted octanol–water partition coefficient (Wildman–Crippen LogP) is 1.21. The van der Waals surface area contributed by atoms with Crippen molar-refractivity contribution in [2.45, 2.75) is 6.42 Å². The first-order valence-corrected chi connectivity index (χ1v) is 5.63. The van der Waals surface area contributed by atoms with Crippen LogP contribution in [0.1, 0.15) is 16.8 Å². The van der Waals surface area contributed by atoms with Crippen LogP contribution in [0.5, 0.6) is 5.88 Å². The fourth-order valence-electron chi connectivity index (χ4n) is 1.27. The fraction of sp³-hybridized carbons (Fsp3) is 0.500. The Bertz CT molecular complexity index is 369. The smallest absolute Gasteiger partial charge is 0.341 e. The summed E-state index contributed by atoms with van der Waals surface area (Å²) in [4.78, 5) is 14.7. The number of aromatic nitrogens is 1. The number of hydrogen-bond donors (Lipinski definition) is 1. The number of methoxy groups -OCH3 is 1. The van der Waals surface area contributed by atoms with E-state index in [1.54, 1.807) is 13.2 Å². The molecule has 1 rings (SSSR count). The van der Waals surface area contributed by atoms with Gasteiger partial charge in [0.05, 0.1) is 6.61 Å². The molecule has 0 radical (unpaired) electrons. The topological polar surface area (TPSA) is 77.9 Å². The van der Waals surface area contributed by atoms with E-state index in [9.17, 15) is 4.79 Å². The van der Waals surface area contributed by atoms with Crippen LogP contribution < -0.4 is 4.74 Å². The molecular weight excluding hydrogens is 238 g/mol. The lowest BCUT2D eigenvalue weighted by atomic mass is 10.3. The molecule has 6 heteroatoms. The van der Waals surface area contributed by atoms with Crippen molar-refractivity contribution in [2.24, 2.45) is 0 Å². The zero-order valence-corrected chi connectivity index (χ0v) is 10.3. The van der Waals surface area contributed by atoms with Crippen LogP contribution in [0.25, 0.3) is 0 Å². The summed E-state index contributed by atoms with van der Waals surface area (Å²) in [5.41, 5.74) is 0.0527. The lowest BCUT2D eigenvalue weighted by molar-refractivity contribution is 0.0673. The first kappa shape index (κ1) is 14.4. The van der Waals surface area contributed by atoms with Crippen LogP contribution in [0.3, 0.4) is 0 Å². The summed E-state index contributed by atoms with van der Waals surface area (Å²) in [5, 5.41) is 8.90. The third kappa shape index (κ3) is 5.11. The number of carbonyl (C=O) groups is 1. The summed E-state index contributed by atoms with van der Waals surface area (Å²) in [6.45, 7) is 1.90. The number of carboxylic acid groups (broad SMARTS) is 1. The van der Waals surface area contributed by atoms with Gasteiger partial charge in [-0.3, -0.25) is 0 Å². The second-order valence-corrected chi connectivity index (χ2v) is 3.47. The van der Waals surface area contributed by atoms with E-state index < -0.39 is 5.97 Å². The first-order valence-electron chi connectivity index (χ1n) is 5.63. The van der Waals surface area contributed by atoms with Crippen molar-refractivity contribution in [2.75, 3.05) is 33.5 Å². The molecule has 0 unspecified atom stereocenters. The minimum absolute atomic E-state index is 0.0527. The van der Waals surface area contributed by atoms with Gasteiger partial charge in [0.15, 0.2) is 0 Å². The molecule has 0 spiro atoms. The number of rotatable bonds is 9. The first-order chi connectivity index (χ1) is 8.75. The fourth-order valence-corrected chi connectivity index (χ4v) is 1.27. The van der Waals surface area contributed by atoms with Gasteiger partial charge in [-0.2, -0.15) is 0 Å². The molecule has 1 N–H and O–H groups in total. The Labute approximate surface area is 106 Å². The summed E-state index contributed by atoms with van der Waals surface area (Å²) in [5.74, 6) is -0.940. The van der Waals surface area contributed by atoms with Gasteiger partial charge in [-0.25, -0.2) is 9.78 Å². The van der Waals surface area contributed by atoms with Gasteiger partial charge in [0, 0.05) is 26.5 Å². The highest BCUT2D eigenvalue weighted by molar-refractivity contribution is 5.90. The highest BCUT2D eigenvalue weighted by Gasteiger charge is 2.11. The van der Waals surface area contributed by atoms with Gasteiger partial charge in [-0.1, -0.05) is 0 Å². The Morgan fingerprint density at radius 3 is 2.89 bits per heavy atom. The maximum Gasteiger partial charge on any atom is 0.341 e. The zero-order chi connectivity index (χ0) is 13.2. The molecule has 0 saturated carbocycles. The van der Waals surface area contributed by atoms with E-state index in [1.165, 1.54) is 12.3 Å². The van der Waals surface area contributed by atoms with Crippen LogP contribution in [0.4, 0.5) is 0 Å². The molecule has 0 fully saturated rings. The Morgan fingerprint density at radius 1 is 1.33 bits per heavy atom. The second-order valence-electron chi connectivity index (χ2n) is 3.47. The Balaban J connectivity index is 2.25. The van der Waals surface area contributed by atoms with Gasteiger partial charge in [0.1, 0.15) is 12.2 Å². The Hall–Kier alpha value is -1.66. The molecule has 0 bridgehead atoms. The molecular formula is C12H17NO5. The Kier molecular flexibility index (Phi) is 6.75. The minimum Gasteiger partial charge on any atom is -0.477 e. The Morgan fingerprint density at radius 2 is 2.17 bits per heavy atom. The molecule has 0 aliphatic rings. The van der Waals surface area contributed by atoms with Crippen molar-refractivity contribution in [3.63, 3.8) is 0 Å². The van der Waals surface area contributed by atoms with E-state index >= 15 is 0 Å². The van der Waals surface area contributed by atoms with Gasteiger partial charge >= 0.3 is 5.97 Å². The van der Waals surface area contributed by atoms with Crippen molar-refractivity contribution in [1.29, 1.82) is 0 Å². The molecule has 0 aliphatic carbocycles. The summed E-state index contributed by atoms with van der Waals surface area (Å²) in [6.07, 6.45) is 2.31. The summed E-state index contributed by atoms with van der Waals surface area (Å²) >= 11 is 0. The van der Waals surface area contributed by atoms with Crippen molar-refractivity contribution in [3.05, 3.63) is 23.9 Å². The van der Waals surface area contributed by atoms with E-state index in [4.69, 9.17) is 19.3 Å². The SMILES string of the molecule is COCCCOCCOc1ncccc1C(=O)O. The number of carboxylic acids is 1. The molecule has 0 aliphatic heterocycles. The summed E-state index contributed by atoms with van der Waals surface area (Å²) < 4.78 is 15.4. The number of nitrogens with zero attached hydrogens (tertiary/aromatic N) is 1. The maximum absolute atomic E-state index is 10.9. The van der Waals surface area contributed by atoms with Crippen LogP contribution in [-0.2, 0) is 9.47 Å². The van der Waals surface area contributed by atoms with Gasteiger partial charge in [0.2, 0.25) is 5.88 Å². The molecule has 100 valence electrons. The van der Waals surface area contributed by atoms with E-state index in [1.807, 2.05) is 0 Å². The molecule has 18 heavy (non-hydrogen) atoms. The van der Waals surface area contributed by atoms with Crippen LogP contribution in [-0.4, -0.2) is 49.6 Å².